The van der Waals surface area contributed by atoms with Crippen LogP contribution in [0.4, 0.5) is 4.79 Å². The van der Waals surface area contributed by atoms with Gasteiger partial charge in [0, 0.05) is 17.8 Å². The summed E-state index contributed by atoms with van der Waals surface area (Å²) in [6.07, 6.45) is 0.728. The zero-order valence-electron chi connectivity index (χ0n) is 21.5. The lowest BCUT2D eigenvalue weighted by molar-refractivity contribution is 0.205. The third kappa shape index (κ3) is 4.98. The summed E-state index contributed by atoms with van der Waals surface area (Å²) >= 11 is 0. The second kappa shape index (κ2) is 10.3. The Balaban J connectivity index is 1.56. The summed E-state index contributed by atoms with van der Waals surface area (Å²) < 4.78 is 11.2. The zero-order valence-corrected chi connectivity index (χ0v) is 21.5. The van der Waals surface area contributed by atoms with Gasteiger partial charge in [0.25, 0.3) is 5.89 Å². The van der Waals surface area contributed by atoms with Crippen LogP contribution in [-0.4, -0.2) is 34.7 Å². The Morgan fingerprint density at radius 3 is 2.54 bits per heavy atom. The molecule has 1 N–H and O–H groups in total. The van der Waals surface area contributed by atoms with Crippen LogP contribution in [0.3, 0.4) is 0 Å². The van der Waals surface area contributed by atoms with Crippen LogP contribution in [0.15, 0.2) is 83.0 Å². The Bertz CT molecular complexity index is 1460. The largest absolute Gasteiger partial charge is 0.497 e. The van der Waals surface area contributed by atoms with E-state index < -0.39 is 6.04 Å². The van der Waals surface area contributed by atoms with Crippen LogP contribution >= 0.6 is 0 Å². The summed E-state index contributed by atoms with van der Waals surface area (Å²) in [5, 5.41) is 7.46. The van der Waals surface area contributed by atoms with Gasteiger partial charge in [0.15, 0.2) is 0 Å². The fraction of sp³-hybridized carbons (Fsp3) is 0.233. The Kier molecular flexibility index (Phi) is 6.77. The molecule has 7 heteroatoms. The highest BCUT2D eigenvalue weighted by Gasteiger charge is 2.35. The number of benzene rings is 3. The molecule has 1 aliphatic heterocycles. The minimum Gasteiger partial charge on any atom is -0.497 e. The molecule has 3 aromatic carbocycles. The molecule has 7 nitrogen and oxygen atoms in total. The number of methoxy groups -OCH3 is 1. The van der Waals surface area contributed by atoms with E-state index >= 15 is 0 Å². The van der Waals surface area contributed by atoms with Gasteiger partial charge in [-0.05, 0) is 61.6 Å². The van der Waals surface area contributed by atoms with Crippen molar-refractivity contribution >= 4 is 11.6 Å². The van der Waals surface area contributed by atoms with Crippen molar-refractivity contribution in [3.63, 3.8) is 0 Å². The number of aromatic nitrogens is 2. The van der Waals surface area contributed by atoms with Crippen LogP contribution in [-0.2, 0) is 6.42 Å². The number of hydrogen-bond donors (Lipinski definition) is 1. The summed E-state index contributed by atoms with van der Waals surface area (Å²) in [6, 6.07) is 23.3. The number of hydrogen-bond acceptors (Lipinski definition) is 5. The molecule has 1 unspecified atom stereocenters. The summed E-state index contributed by atoms with van der Waals surface area (Å²) in [6.45, 7) is 6.62. The second-order valence-corrected chi connectivity index (χ2v) is 9.27. The molecule has 0 aliphatic carbocycles. The van der Waals surface area contributed by atoms with Crippen molar-refractivity contribution in [2.75, 3.05) is 13.7 Å². The number of ether oxygens (including phenoxy) is 1. The van der Waals surface area contributed by atoms with Crippen molar-refractivity contribution in [1.29, 1.82) is 0 Å². The lowest BCUT2D eigenvalue weighted by Gasteiger charge is -2.35. The number of amides is 2. The van der Waals surface area contributed by atoms with Crippen LogP contribution in [0.25, 0.3) is 17.0 Å². The van der Waals surface area contributed by atoms with Crippen molar-refractivity contribution in [2.45, 2.75) is 33.2 Å². The monoisotopic (exact) mass is 494 g/mol. The van der Waals surface area contributed by atoms with Gasteiger partial charge in [-0.1, -0.05) is 65.8 Å². The highest BCUT2D eigenvalue weighted by molar-refractivity contribution is 5.87. The molecule has 1 aliphatic rings. The molecule has 0 spiro atoms. The minimum absolute atomic E-state index is 0.145. The summed E-state index contributed by atoms with van der Waals surface area (Å²) in [7, 11) is 1.62. The maximum Gasteiger partial charge on any atom is 0.322 e. The molecule has 1 aromatic heterocycles. The Hall–Kier alpha value is -4.39. The maximum absolute atomic E-state index is 13.3. The molecule has 0 saturated carbocycles. The topological polar surface area (TPSA) is 80.5 Å². The van der Waals surface area contributed by atoms with Crippen molar-refractivity contribution in [3.05, 3.63) is 107 Å². The van der Waals surface area contributed by atoms with E-state index in [1.807, 2.05) is 55.5 Å². The van der Waals surface area contributed by atoms with Gasteiger partial charge in [-0.3, -0.25) is 4.90 Å². The van der Waals surface area contributed by atoms with Crippen LogP contribution in [0.1, 0.15) is 41.1 Å². The van der Waals surface area contributed by atoms with E-state index in [9.17, 15) is 4.79 Å². The van der Waals surface area contributed by atoms with Crippen molar-refractivity contribution in [2.24, 2.45) is 0 Å². The highest BCUT2D eigenvalue weighted by Crippen LogP contribution is 2.38. The summed E-state index contributed by atoms with van der Waals surface area (Å²) in [5.41, 5.74) is 6.85. The lowest BCUT2D eigenvalue weighted by atomic mass is 9.92. The zero-order chi connectivity index (χ0) is 25.9. The number of urea groups is 1. The second-order valence-electron chi connectivity index (χ2n) is 9.27. The maximum atomic E-state index is 13.3. The first-order chi connectivity index (χ1) is 17.9. The molecule has 1 atom stereocenters. The fourth-order valence-electron chi connectivity index (χ4n) is 4.62. The van der Waals surface area contributed by atoms with Crippen molar-refractivity contribution < 1.29 is 14.1 Å². The quantitative estimate of drug-likeness (QED) is 0.336. The molecule has 188 valence electrons. The predicted octanol–water partition coefficient (Wildman–Crippen LogP) is 6.10. The van der Waals surface area contributed by atoms with E-state index in [2.05, 4.69) is 48.6 Å². The third-order valence-corrected chi connectivity index (χ3v) is 6.91. The van der Waals surface area contributed by atoms with Gasteiger partial charge < -0.3 is 14.6 Å². The summed E-state index contributed by atoms with van der Waals surface area (Å²) in [5.74, 6) is 1.55. The standard InChI is InChI=1S/C30H30N4O3/c1-19-13-14-23(17-20(19)2)27-26(29-32-28(33-37-29)24-11-8-12-25(18-24)36-4)21(3)34(30(35)31-27)16-15-22-9-6-5-7-10-22/h5-14,17-18,27H,15-16H2,1-4H3,(H,31,35). The Morgan fingerprint density at radius 1 is 0.973 bits per heavy atom. The van der Waals surface area contributed by atoms with E-state index in [-0.39, 0.29) is 6.03 Å². The first-order valence-electron chi connectivity index (χ1n) is 12.3. The van der Waals surface area contributed by atoms with Crippen LogP contribution < -0.4 is 10.1 Å². The Labute approximate surface area is 216 Å². The average molecular weight is 495 g/mol. The molecule has 0 fully saturated rings. The predicted molar refractivity (Wildman–Crippen MR) is 143 cm³/mol. The van der Waals surface area contributed by atoms with Gasteiger partial charge >= 0.3 is 6.03 Å². The number of nitrogens with one attached hydrogen (secondary N) is 1. The molecule has 4 aromatic rings. The third-order valence-electron chi connectivity index (χ3n) is 6.91. The van der Waals surface area contributed by atoms with E-state index in [4.69, 9.17) is 14.2 Å². The number of rotatable bonds is 7. The molecular weight excluding hydrogens is 464 g/mol. The molecule has 5 rings (SSSR count). The number of aryl methyl sites for hydroxylation is 2. The minimum atomic E-state index is -0.418. The Morgan fingerprint density at radius 2 is 1.78 bits per heavy atom. The molecular formula is C30H30N4O3. The molecule has 37 heavy (non-hydrogen) atoms. The number of carbonyl (C=O) groups excluding carboxylic acids is 1. The van der Waals surface area contributed by atoms with Gasteiger partial charge in [0.05, 0.1) is 18.7 Å². The van der Waals surface area contributed by atoms with Crippen LogP contribution in [0.2, 0.25) is 0 Å². The molecule has 2 heterocycles. The van der Waals surface area contributed by atoms with E-state index in [0.717, 1.165) is 34.4 Å². The smallest absolute Gasteiger partial charge is 0.322 e. The number of nitrogens with zero attached hydrogens (tertiary/aromatic N) is 3. The van der Waals surface area contributed by atoms with Gasteiger partial charge in [0.2, 0.25) is 5.82 Å². The van der Waals surface area contributed by atoms with Crippen LogP contribution in [0.5, 0.6) is 5.75 Å². The molecule has 0 radical (unpaired) electrons. The van der Waals surface area contributed by atoms with E-state index in [1.165, 1.54) is 11.1 Å². The SMILES string of the molecule is COc1cccc(-c2noc(C3=C(C)N(CCc4ccccc4)C(=O)NC3c3ccc(C)c(C)c3)n2)c1. The van der Waals surface area contributed by atoms with Crippen molar-refractivity contribution in [3.8, 4) is 17.1 Å². The summed E-state index contributed by atoms with van der Waals surface area (Å²) in [4.78, 5) is 19.8. The molecule has 0 bridgehead atoms. The fourth-order valence-corrected chi connectivity index (χ4v) is 4.62. The highest BCUT2D eigenvalue weighted by atomic mass is 16.5. The lowest BCUT2D eigenvalue weighted by Crippen LogP contribution is -2.46. The number of allylic oxidation sites excluding steroid dienone is 1. The molecule has 0 saturated heterocycles. The average Bonchev–Trinajstić information content (AvgIpc) is 3.40. The first-order valence-corrected chi connectivity index (χ1v) is 12.3. The van der Waals surface area contributed by atoms with Gasteiger partial charge in [-0.15, -0.1) is 0 Å². The van der Waals surface area contributed by atoms with Gasteiger partial charge in [-0.2, -0.15) is 4.98 Å². The van der Waals surface area contributed by atoms with Gasteiger partial charge in [-0.25, -0.2) is 4.79 Å². The van der Waals surface area contributed by atoms with E-state index in [0.29, 0.717) is 24.0 Å². The van der Waals surface area contributed by atoms with Gasteiger partial charge in [0.1, 0.15) is 5.75 Å². The van der Waals surface area contributed by atoms with E-state index in [1.54, 1.807) is 12.0 Å². The number of carbonyl (C=O) groups is 1. The van der Waals surface area contributed by atoms with Crippen LogP contribution in [0, 0.1) is 13.8 Å². The molecule has 2 amide bonds. The van der Waals surface area contributed by atoms with Crippen molar-refractivity contribution in [1.82, 2.24) is 20.4 Å². The first kappa shape index (κ1) is 24.3. The normalized spacial score (nSPS) is 15.6.